The van der Waals surface area contributed by atoms with Gasteiger partial charge in [0, 0.05) is 5.94 Å². The molecule has 124 valence electrons. The summed E-state index contributed by atoms with van der Waals surface area (Å²) in [5.41, 5.74) is 6.04. The fraction of sp³-hybridized carbons (Fsp3) is 1.00. The molecule has 4 heteroatoms. The number of rotatable bonds is 2. The fourth-order valence-corrected chi connectivity index (χ4v) is 3.09. The van der Waals surface area contributed by atoms with Gasteiger partial charge in [0.1, 0.15) is 0 Å². The van der Waals surface area contributed by atoms with E-state index >= 15 is 0 Å². The molecule has 0 aromatic heterocycles. The van der Waals surface area contributed by atoms with Crippen LogP contribution in [0.15, 0.2) is 0 Å². The van der Waals surface area contributed by atoms with Crippen molar-refractivity contribution in [1.82, 2.24) is 0 Å². The van der Waals surface area contributed by atoms with Gasteiger partial charge in [-0.2, -0.15) is 0 Å². The van der Waals surface area contributed by atoms with Crippen LogP contribution in [0.2, 0.25) is 0 Å². The summed E-state index contributed by atoms with van der Waals surface area (Å²) < 4.78 is 12.0. The predicted octanol–water partition coefficient (Wildman–Crippen LogP) is 4.04. The Morgan fingerprint density at radius 1 is 1.24 bits per heavy atom. The van der Waals surface area contributed by atoms with E-state index in [9.17, 15) is 0 Å². The molecular formula is C17H36BNO2. The fourth-order valence-electron chi connectivity index (χ4n) is 3.09. The Labute approximate surface area is 132 Å². The lowest BCUT2D eigenvalue weighted by molar-refractivity contribution is -0.0575. The topological polar surface area (TPSA) is 44.5 Å². The second kappa shape index (κ2) is 7.01. The molecule has 0 aromatic rings. The van der Waals surface area contributed by atoms with E-state index in [2.05, 4.69) is 48.5 Å². The first-order chi connectivity index (χ1) is 9.51. The van der Waals surface area contributed by atoms with Crippen LogP contribution >= 0.6 is 0 Å². The highest BCUT2D eigenvalue weighted by atomic mass is 16.7. The summed E-state index contributed by atoms with van der Waals surface area (Å²) in [4.78, 5) is 0. The molecule has 21 heavy (non-hydrogen) atoms. The van der Waals surface area contributed by atoms with E-state index in [-0.39, 0.29) is 24.8 Å². The summed E-state index contributed by atoms with van der Waals surface area (Å²) in [6, 6.07) is 0. The maximum atomic E-state index is 6.05. The first kappa shape index (κ1) is 19.0. The van der Waals surface area contributed by atoms with Gasteiger partial charge in [-0.15, -0.1) is 0 Å². The minimum Gasteiger partial charge on any atom is -0.404 e. The molecule has 0 radical (unpaired) electrons. The minimum absolute atomic E-state index is 0.0548. The van der Waals surface area contributed by atoms with Gasteiger partial charge in [0.2, 0.25) is 0 Å². The van der Waals surface area contributed by atoms with E-state index in [0.29, 0.717) is 11.3 Å². The second-order valence-corrected chi connectivity index (χ2v) is 8.39. The Hall–Kier alpha value is -0.0551. The molecule has 0 amide bonds. The van der Waals surface area contributed by atoms with Gasteiger partial charge in [0.15, 0.2) is 0 Å². The standard InChI is InChI=1S/C12H24BNO2.C5H12/c1-8-6-10-12(5,7-11(8,3)4)16-13(15-10)9(2)14;1-4-5(2)3/h8-10H,6-7,14H2,1-5H3;5H,4H2,1-3H3/t8?,9?,10?,12-;/m0./s1. The maximum absolute atomic E-state index is 6.05. The highest BCUT2D eigenvalue weighted by Crippen LogP contribution is 2.50. The average molecular weight is 297 g/mol. The molecule has 2 N–H and O–H groups in total. The van der Waals surface area contributed by atoms with Gasteiger partial charge in [-0.1, -0.05) is 54.9 Å². The Balaban J connectivity index is 0.000000383. The molecule has 1 saturated carbocycles. The Bertz CT molecular complexity index is 333. The van der Waals surface area contributed by atoms with Crippen molar-refractivity contribution in [2.24, 2.45) is 23.0 Å². The van der Waals surface area contributed by atoms with Crippen LogP contribution in [0.5, 0.6) is 0 Å². The zero-order valence-corrected chi connectivity index (χ0v) is 15.4. The van der Waals surface area contributed by atoms with E-state index in [4.69, 9.17) is 15.0 Å². The van der Waals surface area contributed by atoms with Crippen molar-refractivity contribution in [3.05, 3.63) is 0 Å². The van der Waals surface area contributed by atoms with Crippen LogP contribution in [0.25, 0.3) is 0 Å². The monoisotopic (exact) mass is 297 g/mol. The van der Waals surface area contributed by atoms with Crippen molar-refractivity contribution in [1.29, 1.82) is 0 Å². The van der Waals surface area contributed by atoms with E-state index in [0.717, 1.165) is 18.8 Å². The third-order valence-corrected chi connectivity index (χ3v) is 5.32. The summed E-state index contributed by atoms with van der Waals surface area (Å²) in [6.45, 7) is 17.7. The van der Waals surface area contributed by atoms with Gasteiger partial charge in [0.05, 0.1) is 11.7 Å². The number of hydrogen-bond donors (Lipinski definition) is 1. The summed E-state index contributed by atoms with van der Waals surface area (Å²) >= 11 is 0. The average Bonchev–Trinajstić information content (AvgIpc) is 2.66. The van der Waals surface area contributed by atoms with Crippen LogP contribution in [0.1, 0.15) is 74.7 Å². The highest BCUT2D eigenvalue weighted by Gasteiger charge is 2.56. The van der Waals surface area contributed by atoms with Crippen molar-refractivity contribution in [2.75, 3.05) is 0 Å². The van der Waals surface area contributed by atoms with Crippen LogP contribution in [-0.4, -0.2) is 24.8 Å². The number of nitrogens with two attached hydrogens (primary N) is 1. The SMILES string of the molecule is CC(N)B1OC2CC(C)C(C)(C)C[C@]2(C)O1.CCC(C)C. The highest BCUT2D eigenvalue weighted by molar-refractivity contribution is 6.47. The van der Waals surface area contributed by atoms with Crippen molar-refractivity contribution in [3.63, 3.8) is 0 Å². The van der Waals surface area contributed by atoms with Gasteiger partial charge in [-0.3, -0.25) is 0 Å². The molecule has 3 nitrogen and oxygen atoms in total. The quantitative estimate of drug-likeness (QED) is 0.782. The molecule has 0 aromatic carbocycles. The van der Waals surface area contributed by atoms with Crippen LogP contribution in [0, 0.1) is 17.3 Å². The Morgan fingerprint density at radius 3 is 2.19 bits per heavy atom. The van der Waals surface area contributed by atoms with E-state index in [1.807, 2.05) is 6.92 Å². The van der Waals surface area contributed by atoms with Crippen molar-refractivity contribution >= 4 is 7.12 Å². The third-order valence-electron chi connectivity index (χ3n) is 5.32. The second-order valence-electron chi connectivity index (χ2n) is 8.39. The number of fused-ring (bicyclic) bond motifs is 1. The maximum Gasteiger partial charge on any atom is 0.475 e. The molecule has 1 saturated heterocycles. The smallest absolute Gasteiger partial charge is 0.404 e. The van der Waals surface area contributed by atoms with E-state index in [1.54, 1.807) is 0 Å². The minimum atomic E-state index is -0.226. The Kier molecular flexibility index (Phi) is 6.34. The molecule has 3 unspecified atom stereocenters. The molecule has 0 bridgehead atoms. The lowest BCUT2D eigenvalue weighted by Gasteiger charge is -2.47. The Morgan fingerprint density at radius 2 is 1.76 bits per heavy atom. The third kappa shape index (κ3) is 4.71. The van der Waals surface area contributed by atoms with Gasteiger partial charge in [-0.05, 0) is 37.0 Å². The summed E-state index contributed by atoms with van der Waals surface area (Å²) in [6.07, 6.45) is 3.65. The van der Waals surface area contributed by atoms with Crippen molar-refractivity contribution in [2.45, 2.75) is 92.3 Å². The van der Waals surface area contributed by atoms with Gasteiger partial charge < -0.3 is 15.0 Å². The molecule has 1 heterocycles. The van der Waals surface area contributed by atoms with Crippen molar-refractivity contribution in [3.8, 4) is 0 Å². The van der Waals surface area contributed by atoms with Crippen molar-refractivity contribution < 1.29 is 9.31 Å². The molecule has 1 aliphatic carbocycles. The molecule has 0 spiro atoms. The molecule has 2 fully saturated rings. The van der Waals surface area contributed by atoms with Crippen LogP contribution in [0.3, 0.4) is 0 Å². The van der Waals surface area contributed by atoms with Crippen LogP contribution in [0.4, 0.5) is 0 Å². The van der Waals surface area contributed by atoms with Gasteiger partial charge in [-0.25, -0.2) is 0 Å². The van der Waals surface area contributed by atoms with E-state index in [1.165, 1.54) is 6.42 Å². The summed E-state index contributed by atoms with van der Waals surface area (Å²) in [5, 5.41) is 0. The number of hydrogen-bond acceptors (Lipinski definition) is 3. The summed E-state index contributed by atoms with van der Waals surface area (Å²) in [5.74, 6) is 1.50. The largest absolute Gasteiger partial charge is 0.475 e. The molecule has 1 aliphatic heterocycles. The molecule has 2 rings (SSSR count). The first-order valence-corrected chi connectivity index (χ1v) is 8.60. The lowest BCUT2D eigenvalue weighted by atomic mass is 9.63. The normalized spacial score (nSPS) is 36.0. The first-order valence-electron chi connectivity index (χ1n) is 8.60. The van der Waals surface area contributed by atoms with Crippen LogP contribution in [-0.2, 0) is 9.31 Å². The zero-order valence-electron chi connectivity index (χ0n) is 15.4. The van der Waals surface area contributed by atoms with E-state index < -0.39 is 0 Å². The molecule has 2 aliphatic rings. The van der Waals surface area contributed by atoms with Crippen LogP contribution < -0.4 is 5.73 Å². The molecule has 4 atom stereocenters. The van der Waals surface area contributed by atoms with Gasteiger partial charge >= 0.3 is 7.12 Å². The lowest BCUT2D eigenvalue weighted by Crippen LogP contribution is -2.49. The predicted molar refractivity (Wildman–Crippen MR) is 91.1 cm³/mol. The molecular weight excluding hydrogens is 261 g/mol. The van der Waals surface area contributed by atoms with Gasteiger partial charge in [0.25, 0.3) is 0 Å². The zero-order chi connectivity index (χ0) is 16.4. The summed E-state index contributed by atoms with van der Waals surface area (Å²) in [7, 11) is -0.226.